The minimum atomic E-state index is -0.123. The monoisotopic (exact) mass is 325 g/mol. The maximum Gasteiger partial charge on any atom is 0.243 e. The van der Waals surface area contributed by atoms with Crippen molar-refractivity contribution in [2.45, 2.75) is 39.3 Å². The quantitative estimate of drug-likeness (QED) is 0.929. The molecule has 1 amide bonds. The van der Waals surface area contributed by atoms with Gasteiger partial charge in [0, 0.05) is 31.9 Å². The molecule has 1 aromatic carbocycles. The summed E-state index contributed by atoms with van der Waals surface area (Å²) in [4.78, 5) is 16.7. The standard InChI is InChI=1S/C17H27N3O.ClH/c1-13(20-11-10-15(18)17(2,3)12-20)16(21)19(4)14-8-6-5-7-9-14;/h5-9,13,15H,10-12,18H2,1-4H3;1H. The minimum absolute atomic E-state index is 0. The summed E-state index contributed by atoms with van der Waals surface area (Å²) in [6, 6.07) is 9.87. The SMILES string of the molecule is CC(C(=O)N(C)c1ccccc1)N1CCC(N)C(C)(C)C1.Cl. The van der Waals surface area contributed by atoms with Crippen molar-refractivity contribution >= 4 is 24.0 Å². The van der Waals surface area contributed by atoms with E-state index in [1.54, 1.807) is 4.90 Å². The van der Waals surface area contributed by atoms with Crippen LogP contribution in [0.4, 0.5) is 5.69 Å². The number of nitrogens with zero attached hydrogens (tertiary/aromatic N) is 2. The zero-order valence-corrected chi connectivity index (χ0v) is 14.8. The van der Waals surface area contributed by atoms with Crippen molar-refractivity contribution in [1.82, 2.24) is 4.90 Å². The molecule has 2 atom stereocenters. The third-order valence-electron chi connectivity index (χ3n) is 4.72. The van der Waals surface area contributed by atoms with Gasteiger partial charge in [0.2, 0.25) is 5.91 Å². The fourth-order valence-corrected chi connectivity index (χ4v) is 2.96. The normalized spacial score (nSPS) is 22.5. The summed E-state index contributed by atoms with van der Waals surface area (Å²) in [5, 5.41) is 0. The Morgan fingerprint density at radius 2 is 1.95 bits per heavy atom. The molecule has 4 nitrogen and oxygen atoms in total. The minimum Gasteiger partial charge on any atom is -0.327 e. The van der Waals surface area contributed by atoms with Crippen molar-refractivity contribution in [2.75, 3.05) is 25.0 Å². The number of anilines is 1. The van der Waals surface area contributed by atoms with E-state index >= 15 is 0 Å². The van der Waals surface area contributed by atoms with E-state index in [2.05, 4.69) is 18.7 Å². The van der Waals surface area contributed by atoms with Crippen molar-refractivity contribution in [3.8, 4) is 0 Å². The maximum absolute atomic E-state index is 12.7. The molecule has 0 spiro atoms. The number of para-hydroxylation sites is 1. The number of likely N-dealkylation sites (tertiary alicyclic amines) is 1. The van der Waals surface area contributed by atoms with Crippen molar-refractivity contribution in [3.63, 3.8) is 0 Å². The van der Waals surface area contributed by atoms with Crippen LogP contribution in [0.15, 0.2) is 30.3 Å². The molecular formula is C17H28ClN3O. The molecule has 0 aliphatic carbocycles. The van der Waals surface area contributed by atoms with E-state index in [1.165, 1.54) is 0 Å². The van der Waals surface area contributed by atoms with Gasteiger partial charge in [-0.15, -0.1) is 12.4 Å². The lowest BCUT2D eigenvalue weighted by molar-refractivity contribution is -0.124. The second-order valence-corrected chi connectivity index (χ2v) is 6.76. The highest BCUT2D eigenvalue weighted by Crippen LogP contribution is 2.29. The third kappa shape index (κ3) is 4.00. The van der Waals surface area contributed by atoms with Crippen LogP contribution in [0, 0.1) is 5.41 Å². The second kappa shape index (κ2) is 7.44. The fourth-order valence-electron chi connectivity index (χ4n) is 2.96. The Kier molecular flexibility index (Phi) is 6.41. The van der Waals surface area contributed by atoms with Crippen LogP contribution in [0.5, 0.6) is 0 Å². The first-order chi connectivity index (χ1) is 9.83. The van der Waals surface area contributed by atoms with Gasteiger partial charge in [0.1, 0.15) is 0 Å². The number of hydrogen-bond donors (Lipinski definition) is 1. The predicted molar refractivity (Wildman–Crippen MR) is 94.5 cm³/mol. The van der Waals surface area contributed by atoms with Crippen molar-refractivity contribution in [1.29, 1.82) is 0 Å². The smallest absolute Gasteiger partial charge is 0.243 e. The van der Waals surface area contributed by atoms with Gasteiger partial charge in [-0.3, -0.25) is 9.69 Å². The summed E-state index contributed by atoms with van der Waals surface area (Å²) in [7, 11) is 1.84. The predicted octanol–water partition coefficient (Wildman–Crippen LogP) is 2.52. The van der Waals surface area contributed by atoms with Gasteiger partial charge in [-0.05, 0) is 30.9 Å². The van der Waals surface area contributed by atoms with Crippen molar-refractivity contribution in [2.24, 2.45) is 11.1 Å². The highest BCUT2D eigenvalue weighted by atomic mass is 35.5. The van der Waals surface area contributed by atoms with Gasteiger partial charge in [0.05, 0.1) is 6.04 Å². The summed E-state index contributed by atoms with van der Waals surface area (Å²) >= 11 is 0. The molecule has 1 aliphatic heterocycles. The van der Waals surface area contributed by atoms with Gasteiger partial charge < -0.3 is 10.6 Å². The van der Waals surface area contributed by atoms with Crippen LogP contribution in [-0.4, -0.2) is 43.0 Å². The van der Waals surface area contributed by atoms with E-state index in [9.17, 15) is 4.79 Å². The lowest BCUT2D eigenvalue weighted by Gasteiger charge is -2.45. The molecular weight excluding hydrogens is 298 g/mol. The lowest BCUT2D eigenvalue weighted by Crippen LogP contribution is -2.57. The molecule has 0 saturated carbocycles. The molecule has 124 valence electrons. The molecule has 2 rings (SSSR count). The largest absolute Gasteiger partial charge is 0.327 e. The summed E-state index contributed by atoms with van der Waals surface area (Å²) in [5.74, 6) is 0.132. The average Bonchev–Trinajstić information content (AvgIpc) is 2.48. The lowest BCUT2D eigenvalue weighted by atomic mass is 9.79. The number of rotatable bonds is 3. The van der Waals surface area contributed by atoms with Gasteiger partial charge in [0.15, 0.2) is 0 Å². The first kappa shape index (κ1) is 18.9. The molecule has 1 aliphatic rings. The van der Waals surface area contributed by atoms with Gasteiger partial charge in [-0.1, -0.05) is 32.0 Å². The first-order valence-electron chi connectivity index (χ1n) is 7.65. The van der Waals surface area contributed by atoms with Gasteiger partial charge in [0.25, 0.3) is 0 Å². The van der Waals surface area contributed by atoms with E-state index in [0.29, 0.717) is 0 Å². The van der Waals surface area contributed by atoms with Gasteiger partial charge >= 0.3 is 0 Å². The molecule has 1 heterocycles. The van der Waals surface area contributed by atoms with Crippen molar-refractivity contribution in [3.05, 3.63) is 30.3 Å². The molecule has 2 unspecified atom stereocenters. The van der Waals surface area contributed by atoms with E-state index in [-0.39, 0.29) is 35.8 Å². The number of carbonyl (C=O) groups excluding carboxylic acids is 1. The zero-order chi connectivity index (χ0) is 15.6. The highest BCUT2D eigenvalue weighted by Gasteiger charge is 2.37. The van der Waals surface area contributed by atoms with Gasteiger partial charge in [-0.2, -0.15) is 0 Å². The average molecular weight is 326 g/mol. The Morgan fingerprint density at radius 3 is 2.50 bits per heavy atom. The molecule has 1 saturated heterocycles. The van der Waals surface area contributed by atoms with Crippen LogP contribution in [0.3, 0.4) is 0 Å². The summed E-state index contributed by atoms with van der Waals surface area (Å²) < 4.78 is 0. The Balaban J connectivity index is 0.00000242. The molecule has 1 fully saturated rings. The Morgan fingerprint density at radius 1 is 1.36 bits per heavy atom. The second-order valence-electron chi connectivity index (χ2n) is 6.76. The molecule has 5 heteroatoms. The number of carbonyl (C=O) groups is 1. The number of nitrogens with two attached hydrogens (primary N) is 1. The van der Waals surface area contributed by atoms with Gasteiger partial charge in [-0.25, -0.2) is 0 Å². The van der Waals surface area contributed by atoms with Crippen LogP contribution >= 0.6 is 12.4 Å². The Hall–Kier alpha value is -1.10. The summed E-state index contributed by atoms with van der Waals surface area (Å²) in [5.41, 5.74) is 7.17. The molecule has 1 aromatic rings. The molecule has 0 aromatic heterocycles. The van der Waals surface area contributed by atoms with E-state index in [4.69, 9.17) is 5.73 Å². The van der Waals surface area contributed by atoms with E-state index in [1.807, 2.05) is 44.3 Å². The number of amides is 1. The molecule has 2 N–H and O–H groups in total. The first-order valence-corrected chi connectivity index (χ1v) is 7.65. The number of piperidine rings is 1. The van der Waals surface area contributed by atoms with E-state index in [0.717, 1.165) is 25.2 Å². The summed E-state index contributed by atoms with van der Waals surface area (Å²) in [6.45, 7) is 8.11. The summed E-state index contributed by atoms with van der Waals surface area (Å²) in [6.07, 6.45) is 0.944. The Labute approximate surface area is 140 Å². The molecule has 0 radical (unpaired) electrons. The number of hydrogen-bond acceptors (Lipinski definition) is 3. The van der Waals surface area contributed by atoms with Crippen molar-refractivity contribution < 1.29 is 4.79 Å². The van der Waals surface area contributed by atoms with Crippen LogP contribution < -0.4 is 10.6 Å². The molecule has 22 heavy (non-hydrogen) atoms. The van der Waals surface area contributed by atoms with Crippen LogP contribution in [0.1, 0.15) is 27.2 Å². The fraction of sp³-hybridized carbons (Fsp3) is 0.588. The highest BCUT2D eigenvalue weighted by molar-refractivity contribution is 5.96. The van der Waals surface area contributed by atoms with Crippen LogP contribution in [0.25, 0.3) is 0 Å². The topological polar surface area (TPSA) is 49.6 Å². The van der Waals surface area contributed by atoms with Crippen LogP contribution in [0.2, 0.25) is 0 Å². The molecule has 0 bridgehead atoms. The van der Waals surface area contributed by atoms with E-state index < -0.39 is 0 Å². The number of likely N-dealkylation sites (N-methyl/N-ethyl adjacent to an activating group) is 1. The van der Waals surface area contributed by atoms with Crippen LogP contribution in [-0.2, 0) is 4.79 Å². The zero-order valence-electron chi connectivity index (χ0n) is 14.0. The third-order valence-corrected chi connectivity index (χ3v) is 4.72. The Bertz CT molecular complexity index is 492. The number of benzene rings is 1. The maximum atomic E-state index is 12.7. The number of halogens is 1.